The van der Waals surface area contributed by atoms with Crippen molar-refractivity contribution in [2.24, 2.45) is 5.11 Å². The Bertz CT molecular complexity index is 402. The zero-order valence-corrected chi connectivity index (χ0v) is 7.98. The van der Waals surface area contributed by atoms with Crippen molar-refractivity contribution in [3.63, 3.8) is 0 Å². The SMILES string of the molecule is [N-]=[N+]=NC1CCOc2nc(Cl)ccc21. The van der Waals surface area contributed by atoms with E-state index in [0.717, 1.165) is 5.56 Å². The van der Waals surface area contributed by atoms with Gasteiger partial charge in [-0.1, -0.05) is 22.8 Å². The van der Waals surface area contributed by atoms with Crippen molar-refractivity contribution in [1.82, 2.24) is 4.98 Å². The third-order valence-electron chi connectivity index (χ3n) is 2.04. The van der Waals surface area contributed by atoms with Crippen LogP contribution in [0.2, 0.25) is 5.15 Å². The summed E-state index contributed by atoms with van der Waals surface area (Å²) in [5.41, 5.74) is 9.17. The van der Waals surface area contributed by atoms with E-state index in [1.54, 1.807) is 12.1 Å². The first kappa shape index (κ1) is 9.12. The normalized spacial score (nSPS) is 19.1. The highest BCUT2D eigenvalue weighted by molar-refractivity contribution is 6.29. The number of halogens is 1. The molecule has 0 amide bonds. The molecule has 1 atom stereocenters. The van der Waals surface area contributed by atoms with Crippen LogP contribution in [0, 0.1) is 0 Å². The zero-order chi connectivity index (χ0) is 9.97. The van der Waals surface area contributed by atoms with Crippen LogP contribution in [-0.4, -0.2) is 11.6 Å². The van der Waals surface area contributed by atoms with Crippen molar-refractivity contribution in [1.29, 1.82) is 0 Å². The van der Waals surface area contributed by atoms with Gasteiger partial charge in [0.1, 0.15) is 5.15 Å². The Morgan fingerprint density at radius 1 is 1.64 bits per heavy atom. The molecule has 5 nitrogen and oxygen atoms in total. The van der Waals surface area contributed by atoms with Gasteiger partial charge in [0.2, 0.25) is 5.88 Å². The van der Waals surface area contributed by atoms with Gasteiger partial charge in [-0.3, -0.25) is 0 Å². The van der Waals surface area contributed by atoms with Gasteiger partial charge >= 0.3 is 0 Å². The molecule has 2 heterocycles. The summed E-state index contributed by atoms with van der Waals surface area (Å²) >= 11 is 5.71. The fourth-order valence-electron chi connectivity index (χ4n) is 1.40. The quantitative estimate of drug-likeness (QED) is 0.309. The fraction of sp³-hybridized carbons (Fsp3) is 0.375. The third kappa shape index (κ3) is 1.60. The number of azide groups is 1. The molecule has 0 bridgehead atoms. The van der Waals surface area contributed by atoms with E-state index in [1.807, 2.05) is 0 Å². The Labute approximate surface area is 85.3 Å². The molecular weight excluding hydrogens is 204 g/mol. The molecule has 0 fully saturated rings. The molecule has 0 radical (unpaired) electrons. The monoisotopic (exact) mass is 210 g/mol. The van der Waals surface area contributed by atoms with Crippen molar-refractivity contribution in [2.75, 3.05) is 6.61 Å². The van der Waals surface area contributed by atoms with Gasteiger partial charge in [0, 0.05) is 10.5 Å². The van der Waals surface area contributed by atoms with Gasteiger partial charge in [-0.05, 0) is 18.0 Å². The van der Waals surface area contributed by atoms with Gasteiger partial charge in [-0.2, -0.15) is 0 Å². The molecule has 72 valence electrons. The smallest absolute Gasteiger partial charge is 0.218 e. The largest absolute Gasteiger partial charge is 0.477 e. The second-order valence-electron chi connectivity index (χ2n) is 2.89. The molecule has 1 unspecified atom stereocenters. The molecule has 2 rings (SSSR count). The van der Waals surface area contributed by atoms with Gasteiger partial charge < -0.3 is 4.74 Å². The molecule has 0 aliphatic carbocycles. The summed E-state index contributed by atoms with van der Waals surface area (Å²) < 4.78 is 5.30. The van der Waals surface area contributed by atoms with E-state index in [0.29, 0.717) is 24.1 Å². The summed E-state index contributed by atoms with van der Waals surface area (Å²) in [6.45, 7) is 0.504. The standard InChI is InChI=1S/C8H7ClN4O/c9-7-2-1-5-6(12-13-10)3-4-14-8(5)11-7/h1-2,6H,3-4H2. The molecular formula is C8H7ClN4O. The molecule has 0 saturated carbocycles. The number of hydrogen-bond donors (Lipinski definition) is 0. The molecule has 1 aliphatic heterocycles. The third-order valence-corrected chi connectivity index (χ3v) is 2.25. The molecule has 0 N–H and O–H groups in total. The van der Waals surface area contributed by atoms with Crippen molar-refractivity contribution < 1.29 is 4.74 Å². The molecule has 1 aromatic heterocycles. The second-order valence-corrected chi connectivity index (χ2v) is 3.27. The van der Waals surface area contributed by atoms with E-state index < -0.39 is 0 Å². The highest BCUT2D eigenvalue weighted by Crippen LogP contribution is 2.33. The van der Waals surface area contributed by atoms with Crippen LogP contribution in [0.5, 0.6) is 5.88 Å². The van der Waals surface area contributed by atoms with E-state index >= 15 is 0 Å². The predicted octanol–water partition coefficient (Wildman–Crippen LogP) is 2.87. The number of hydrogen-bond acceptors (Lipinski definition) is 3. The summed E-state index contributed by atoms with van der Waals surface area (Å²) in [7, 11) is 0. The number of ether oxygens (including phenoxy) is 1. The number of nitrogens with zero attached hydrogens (tertiary/aromatic N) is 4. The highest BCUT2D eigenvalue weighted by atomic mass is 35.5. The molecule has 0 aromatic carbocycles. The lowest BCUT2D eigenvalue weighted by molar-refractivity contribution is 0.257. The van der Waals surface area contributed by atoms with Crippen molar-refractivity contribution in [3.05, 3.63) is 33.3 Å². The van der Waals surface area contributed by atoms with E-state index in [9.17, 15) is 0 Å². The number of rotatable bonds is 1. The van der Waals surface area contributed by atoms with Crippen LogP contribution < -0.4 is 4.74 Å². The summed E-state index contributed by atoms with van der Waals surface area (Å²) in [6.07, 6.45) is 0.681. The second kappa shape index (κ2) is 3.74. The number of pyridine rings is 1. The number of fused-ring (bicyclic) bond motifs is 1. The van der Waals surface area contributed by atoms with E-state index in [1.165, 1.54) is 0 Å². The lowest BCUT2D eigenvalue weighted by Crippen LogP contribution is -2.13. The minimum atomic E-state index is -0.187. The molecule has 1 aromatic rings. The summed E-state index contributed by atoms with van der Waals surface area (Å²) in [6, 6.07) is 3.26. The first-order valence-electron chi connectivity index (χ1n) is 4.14. The lowest BCUT2D eigenvalue weighted by Gasteiger charge is -2.21. The van der Waals surface area contributed by atoms with E-state index in [2.05, 4.69) is 15.0 Å². The fourth-order valence-corrected chi connectivity index (χ4v) is 1.54. The maximum absolute atomic E-state index is 8.37. The van der Waals surface area contributed by atoms with Crippen LogP contribution in [0.3, 0.4) is 0 Å². The maximum atomic E-state index is 8.37. The Balaban J connectivity index is 2.44. The van der Waals surface area contributed by atoms with E-state index in [4.69, 9.17) is 21.9 Å². The highest BCUT2D eigenvalue weighted by Gasteiger charge is 2.21. The summed E-state index contributed by atoms with van der Waals surface area (Å²) in [4.78, 5) is 6.80. The van der Waals surface area contributed by atoms with E-state index in [-0.39, 0.29) is 6.04 Å². The average Bonchev–Trinajstić information content (AvgIpc) is 2.18. The van der Waals surface area contributed by atoms with Crippen molar-refractivity contribution in [3.8, 4) is 5.88 Å². The van der Waals surface area contributed by atoms with Crippen LogP contribution in [-0.2, 0) is 0 Å². The average molecular weight is 211 g/mol. The Hall–Kier alpha value is -1.45. The molecule has 14 heavy (non-hydrogen) atoms. The summed E-state index contributed by atoms with van der Waals surface area (Å²) in [5, 5.41) is 4.05. The topological polar surface area (TPSA) is 70.9 Å². The van der Waals surface area contributed by atoms with Gasteiger partial charge in [0.25, 0.3) is 0 Å². The maximum Gasteiger partial charge on any atom is 0.218 e. The predicted molar refractivity (Wildman–Crippen MR) is 51.2 cm³/mol. The van der Waals surface area contributed by atoms with Crippen LogP contribution in [0.15, 0.2) is 17.2 Å². The Morgan fingerprint density at radius 3 is 3.29 bits per heavy atom. The number of aromatic nitrogens is 1. The van der Waals surface area contributed by atoms with Crippen LogP contribution in [0.1, 0.15) is 18.0 Å². The molecule has 6 heteroatoms. The minimum Gasteiger partial charge on any atom is -0.477 e. The van der Waals surface area contributed by atoms with Gasteiger partial charge in [-0.15, -0.1) is 0 Å². The first-order chi connectivity index (χ1) is 6.81. The van der Waals surface area contributed by atoms with Gasteiger partial charge in [0.15, 0.2) is 0 Å². The lowest BCUT2D eigenvalue weighted by atomic mass is 10.0. The van der Waals surface area contributed by atoms with Gasteiger partial charge in [-0.25, -0.2) is 4.98 Å². The molecule has 1 aliphatic rings. The Morgan fingerprint density at radius 2 is 2.50 bits per heavy atom. The molecule has 0 spiro atoms. The van der Waals surface area contributed by atoms with Crippen LogP contribution in [0.4, 0.5) is 0 Å². The van der Waals surface area contributed by atoms with Crippen molar-refractivity contribution >= 4 is 11.6 Å². The first-order valence-corrected chi connectivity index (χ1v) is 4.52. The van der Waals surface area contributed by atoms with Crippen molar-refractivity contribution in [2.45, 2.75) is 12.5 Å². The minimum absolute atomic E-state index is 0.187. The zero-order valence-electron chi connectivity index (χ0n) is 7.22. The Kier molecular flexibility index (Phi) is 2.43. The van der Waals surface area contributed by atoms with Crippen LogP contribution >= 0.6 is 11.6 Å². The van der Waals surface area contributed by atoms with Gasteiger partial charge in [0.05, 0.1) is 12.6 Å². The summed E-state index contributed by atoms with van der Waals surface area (Å²) in [5.74, 6) is 0.473. The molecule has 0 saturated heterocycles. The van der Waals surface area contributed by atoms with Crippen LogP contribution in [0.25, 0.3) is 10.4 Å².